The van der Waals surface area contributed by atoms with Crippen LogP contribution in [0.15, 0.2) is 34.5 Å². The van der Waals surface area contributed by atoms with E-state index in [1.807, 2.05) is 12.3 Å². The van der Waals surface area contributed by atoms with Crippen LogP contribution in [0.1, 0.15) is 10.7 Å². The van der Waals surface area contributed by atoms with Gasteiger partial charge < -0.3 is 5.32 Å². The Hall–Kier alpha value is -1.61. The van der Waals surface area contributed by atoms with Gasteiger partial charge >= 0.3 is 5.51 Å². The summed E-state index contributed by atoms with van der Waals surface area (Å²) in [6, 6.07) is 4.99. The molecule has 0 unspecified atom stereocenters. The van der Waals surface area contributed by atoms with Gasteiger partial charge in [-0.2, -0.15) is 13.2 Å². The van der Waals surface area contributed by atoms with Gasteiger partial charge in [-0.15, -0.1) is 11.3 Å². The zero-order chi connectivity index (χ0) is 16.4. The molecular weight excluding hydrogens is 337 g/mol. The normalized spacial score (nSPS) is 12.4. The summed E-state index contributed by atoms with van der Waals surface area (Å²) in [4.78, 5) is 3.47. The van der Waals surface area contributed by atoms with E-state index in [0.29, 0.717) is 6.42 Å². The number of sulfone groups is 1. The molecule has 0 aliphatic carbocycles. The minimum Gasteiger partial charge on any atom is -0.384 e. The van der Waals surface area contributed by atoms with Crippen LogP contribution in [-0.4, -0.2) is 25.5 Å². The Morgan fingerprint density at radius 3 is 2.55 bits per heavy atom. The molecule has 0 amide bonds. The molecule has 1 aromatic carbocycles. The molecule has 22 heavy (non-hydrogen) atoms. The first kappa shape index (κ1) is 16.8. The number of anilines is 1. The molecule has 0 aliphatic rings. The molecule has 1 heterocycles. The van der Waals surface area contributed by atoms with E-state index < -0.39 is 20.2 Å². The number of nitrogens with zero attached hydrogens (tertiary/aromatic N) is 1. The van der Waals surface area contributed by atoms with E-state index in [4.69, 9.17) is 0 Å². The number of aromatic nitrogens is 1. The zero-order valence-electron chi connectivity index (χ0n) is 11.5. The fraction of sp³-hybridized carbons (Fsp3) is 0.308. The van der Waals surface area contributed by atoms with Crippen LogP contribution < -0.4 is 5.32 Å². The van der Waals surface area contributed by atoms with Crippen molar-refractivity contribution in [2.24, 2.45) is 0 Å². The van der Waals surface area contributed by atoms with Gasteiger partial charge in [-0.3, -0.25) is 0 Å². The Labute approximate surface area is 129 Å². The maximum atomic E-state index is 12.7. The lowest BCUT2D eigenvalue weighted by Crippen LogP contribution is -2.24. The van der Waals surface area contributed by atoms with E-state index in [2.05, 4.69) is 10.3 Å². The smallest absolute Gasteiger partial charge is 0.384 e. The molecule has 2 rings (SSSR count). The third kappa shape index (κ3) is 3.58. The second-order valence-corrected chi connectivity index (χ2v) is 7.45. The van der Waals surface area contributed by atoms with E-state index >= 15 is 0 Å². The monoisotopic (exact) mass is 350 g/mol. The summed E-state index contributed by atoms with van der Waals surface area (Å²) in [7, 11) is -5.37. The standard InChI is InChI=1S/C13H13F3N2O2S2/c1-9-18-10(8-21-9)6-7-17-11-4-2-3-5-12(11)22(19,20)13(14,15)16/h2-5,8,17H,6-7H2,1H3. The molecule has 1 aromatic heterocycles. The number of rotatable bonds is 5. The highest BCUT2D eigenvalue weighted by atomic mass is 32.2. The summed E-state index contributed by atoms with van der Waals surface area (Å²) in [5, 5.41) is 5.49. The Morgan fingerprint density at radius 2 is 1.95 bits per heavy atom. The van der Waals surface area contributed by atoms with Crippen molar-refractivity contribution in [1.29, 1.82) is 0 Å². The van der Waals surface area contributed by atoms with E-state index in [0.717, 1.165) is 16.8 Å². The molecule has 0 spiro atoms. The highest BCUT2D eigenvalue weighted by molar-refractivity contribution is 7.92. The third-order valence-electron chi connectivity index (χ3n) is 2.84. The number of aryl methyl sites for hydroxylation is 1. The minimum atomic E-state index is -5.37. The number of hydrogen-bond acceptors (Lipinski definition) is 5. The predicted molar refractivity (Wildman–Crippen MR) is 78.7 cm³/mol. The quantitative estimate of drug-likeness (QED) is 0.898. The van der Waals surface area contributed by atoms with Crippen molar-refractivity contribution in [3.05, 3.63) is 40.3 Å². The van der Waals surface area contributed by atoms with E-state index in [1.165, 1.54) is 29.5 Å². The maximum absolute atomic E-state index is 12.7. The van der Waals surface area contributed by atoms with Crippen LogP contribution in [0.5, 0.6) is 0 Å². The average Bonchev–Trinajstić information content (AvgIpc) is 2.83. The van der Waals surface area contributed by atoms with Crippen molar-refractivity contribution in [3.8, 4) is 0 Å². The number of nitrogens with one attached hydrogen (secondary N) is 1. The molecule has 4 nitrogen and oxygen atoms in total. The molecule has 2 aromatic rings. The lowest BCUT2D eigenvalue weighted by Gasteiger charge is -2.13. The average molecular weight is 350 g/mol. The van der Waals surface area contributed by atoms with Crippen LogP contribution in [-0.2, 0) is 16.3 Å². The Morgan fingerprint density at radius 1 is 1.27 bits per heavy atom. The summed E-state index contributed by atoms with van der Waals surface area (Å²) in [5.41, 5.74) is -4.57. The molecule has 0 fully saturated rings. The van der Waals surface area contributed by atoms with E-state index in [9.17, 15) is 21.6 Å². The van der Waals surface area contributed by atoms with E-state index in [-0.39, 0.29) is 12.2 Å². The Balaban J connectivity index is 2.15. The largest absolute Gasteiger partial charge is 0.501 e. The summed E-state index contributed by atoms with van der Waals surface area (Å²) < 4.78 is 61.1. The number of thiazole rings is 1. The molecule has 0 radical (unpaired) electrons. The molecule has 0 saturated carbocycles. The fourth-order valence-electron chi connectivity index (χ4n) is 1.82. The number of hydrogen-bond donors (Lipinski definition) is 1. The molecular formula is C13H13F3N2O2S2. The number of alkyl halides is 3. The fourth-order valence-corrected chi connectivity index (χ4v) is 3.40. The second kappa shape index (κ2) is 6.25. The van der Waals surface area contributed by atoms with Gasteiger partial charge in [0, 0.05) is 18.3 Å². The second-order valence-electron chi connectivity index (χ2n) is 4.48. The molecule has 0 bridgehead atoms. The lowest BCUT2D eigenvalue weighted by atomic mass is 10.3. The Bertz CT molecular complexity index is 755. The van der Waals surface area contributed by atoms with E-state index in [1.54, 1.807) is 0 Å². The number of para-hydroxylation sites is 1. The van der Waals surface area contributed by atoms with Crippen molar-refractivity contribution in [3.63, 3.8) is 0 Å². The summed E-state index contributed by atoms with van der Waals surface area (Å²) in [6.45, 7) is 2.14. The van der Waals surface area contributed by atoms with Crippen molar-refractivity contribution in [2.75, 3.05) is 11.9 Å². The van der Waals surface area contributed by atoms with Crippen LogP contribution >= 0.6 is 11.3 Å². The number of benzene rings is 1. The molecule has 1 N–H and O–H groups in total. The van der Waals surface area contributed by atoms with Gasteiger partial charge in [0.05, 0.1) is 21.3 Å². The SMILES string of the molecule is Cc1nc(CCNc2ccccc2S(=O)(=O)C(F)(F)F)cs1. The minimum absolute atomic E-state index is 0.0632. The highest BCUT2D eigenvalue weighted by Crippen LogP contribution is 2.34. The van der Waals surface area contributed by atoms with Crippen molar-refractivity contribution < 1.29 is 21.6 Å². The third-order valence-corrected chi connectivity index (χ3v) is 5.21. The first-order chi connectivity index (χ1) is 10.2. The van der Waals surface area contributed by atoms with Gasteiger partial charge in [0.1, 0.15) is 0 Å². The number of halogens is 3. The zero-order valence-corrected chi connectivity index (χ0v) is 13.1. The molecule has 9 heteroatoms. The first-order valence-electron chi connectivity index (χ1n) is 6.27. The van der Waals surface area contributed by atoms with Crippen LogP contribution in [0.3, 0.4) is 0 Å². The summed E-state index contributed by atoms with van der Waals surface area (Å²) in [5.74, 6) is 0. The van der Waals surface area contributed by atoms with Crippen LogP contribution in [0, 0.1) is 6.92 Å². The maximum Gasteiger partial charge on any atom is 0.501 e. The predicted octanol–water partition coefficient (Wildman–Crippen LogP) is 3.40. The van der Waals surface area contributed by atoms with Crippen LogP contribution in [0.4, 0.5) is 18.9 Å². The van der Waals surface area contributed by atoms with Gasteiger partial charge in [-0.05, 0) is 19.1 Å². The van der Waals surface area contributed by atoms with Gasteiger partial charge in [0.2, 0.25) is 0 Å². The Kier molecular flexibility index (Phi) is 4.76. The summed E-state index contributed by atoms with van der Waals surface area (Å²) in [6.07, 6.45) is 0.491. The topological polar surface area (TPSA) is 59.1 Å². The summed E-state index contributed by atoms with van der Waals surface area (Å²) >= 11 is 1.48. The molecule has 0 atom stereocenters. The van der Waals surface area contributed by atoms with Crippen molar-refractivity contribution in [2.45, 2.75) is 23.7 Å². The van der Waals surface area contributed by atoms with Crippen LogP contribution in [0.2, 0.25) is 0 Å². The highest BCUT2D eigenvalue weighted by Gasteiger charge is 2.47. The van der Waals surface area contributed by atoms with Gasteiger partial charge in [-0.1, -0.05) is 12.1 Å². The van der Waals surface area contributed by atoms with Gasteiger partial charge in [-0.25, -0.2) is 13.4 Å². The van der Waals surface area contributed by atoms with Crippen molar-refractivity contribution >= 4 is 26.9 Å². The molecule has 120 valence electrons. The van der Waals surface area contributed by atoms with Gasteiger partial charge in [0.25, 0.3) is 9.84 Å². The molecule has 0 aliphatic heterocycles. The van der Waals surface area contributed by atoms with Crippen LogP contribution in [0.25, 0.3) is 0 Å². The van der Waals surface area contributed by atoms with Crippen molar-refractivity contribution in [1.82, 2.24) is 4.98 Å². The molecule has 0 saturated heterocycles. The first-order valence-corrected chi connectivity index (χ1v) is 8.63. The lowest BCUT2D eigenvalue weighted by molar-refractivity contribution is -0.0435. The van der Waals surface area contributed by atoms with Gasteiger partial charge in [0.15, 0.2) is 0 Å².